The van der Waals surface area contributed by atoms with Crippen molar-refractivity contribution >= 4 is 50.7 Å². The summed E-state index contributed by atoms with van der Waals surface area (Å²) < 4.78 is 1.03. The van der Waals surface area contributed by atoms with Crippen molar-refractivity contribution in [3.05, 3.63) is 33.6 Å². The average Bonchev–Trinajstić information content (AvgIpc) is 2.79. The van der Waals surface area contributed by atoms with Crippen LogP contribution in [0.4, 0.5) is 5.13 Å². The van der Waals surface area contributed by atoms with E-state index in [1.54, 1.807) is 6.92 Å². The molecule has 0 saturated heterocycles. The highest BCUT2D eigenvalue weighted by molar-refractivity contribution is 9.10. The van der Waals surface area contributed by atoms with Gasteiger partial charge in [-0.25, -0.2) is 4.98 Å². The number of aromatic nitrogens is 1. The van der Waals surface area contributed by atoms with Crippen LogP contribution in [0.15, 0.2) is 28.7 Å². The standard InChI is InChI=1S/C14H16BrN3OS.ClH/c1-8(7-16)13(19)18-14-17-12(9(2)20-14)10-3-5-11(15)6-4-10;/h3-6,8H,7,16H2,1-2H3,(H,17,18,19);1H. The highest BCUT2D eigenvalue weighted by Crippen LogP contribution is 2.31. The number of hydrogen-bond donors (Lipinski definition) is 2. The fourth-order valence-electron chi connectivity index (χ4n) is 1.66. The molecule has 0 saturated carbocycles. The molecule has 1 heterocycles. The van der Waals surface area contributed by atoms with Crippen molar-refractivity contribution in [2.75, 3.05) is 11.9 Å². The number of nitrogens with one attached hydrogen (secondary N) is 1. The first-order valence-corrected chi connectivity index (χ1v) is 7.86. The molecule has 1 atom stereocenters. The molecule has 0 bridgehead atoms. The summed E-state index contributed by atoms with van der Waals surface area (Å²) in [6.07, 6.45) is 0. The molecule has 0 radical (unpaired) electrons. The van der Waals surface area contributed by atoms with Gasteiger partial charge in [0.15, 0.2) is 5.13 Å². The second-order valence-corrected chi connectivity index (χ2v) is 6.68. The Morgan fingerprint density at radius 3 is 2.62 bits per heavy atom. The van der Waals surface area contributed by atoms with Crippen molar-refractivity contribution in [1.82, 2.24) is 4.98 Å². The third-order valence-corrected chi connectivity index (χ3v) is 4.36. The molecular formula is C14H17BrClN3OS. The fourth-order valence-corrected chi connectivity index (χ4v) is 2.76. The minimum atomic E-state index is -0.213. The van der Waals surface area contributed by atoms with Crippen LogP contribution in [0.3, 0.4) is 0 Å². The van der Waals surface area contributed by atoms with Crippen LogP contribution in [0, 0.1) is 12.8 Å². The Hall–Kier alpha value is -0.950. The lowest BCUT2D eigenvalue weighted by atomic mass is 10.1. The van der Waals surface area contributed by atoms with Gasteiger partial charge in [0.2, 0.25) is 5.91 Å². The second-order valence-electron chi connectivity index (χ2n) is 4.56. The molecule has 0 aliphatic rings. The Bertz CT molecular complexity index is 615. The average molecular weight is 391 g/mol. The number of halogens is 2. The topological polar surface area (TPSA) is 68.0 Å². The third-order valence-electron chi connectivity index (χ3n) is 2.95. The van der Waals surface area contributed by atoms with Crippen LogP contribution < -0.4 is 11.1 Å². The summed E-state index contributed by atoms with van der Waals surface area (Å²) in [4.78, 5) is 17.4. The lowest BCUT2D eigenvalue weighted by Crippen LogP contribution is -2.26. The molecule has 3 N–H and O–H groups in total. The van der Waals surface area contributed by atoms with Crippen molar-refractivity contribution in [2.45, 2.75) is 13.8 Å². The number of benzene rings is 1. The van der Waals surface area contributed by atoms with E-state index in [0.29, 0.717) is 11.7 Å². The predicted molar refractivity (Wildman–Crippen MR) is 94.1 cm³/mol. The minimum Gasteiger partial charge on any atom is -0.330 e. The molecule has 1 aromatic heterocycles. The summed E-state index contributed by atoms with van der Waals surface area (Å²) in [5, 5.41) is 3.43. The van der Waals surface area contributed by atoms with Crippen molar-refractivity contribution in [3.8, 4) is 11.3 Å². The maximum atomic E-state index is 11.8. The summed E-state index contributed by atoms with van der Waals surface area (Å²) in [6, 6.07) is 7.95. The smallest absolute Gasteiger partial charge is 0.230 e. The number of hydrogen-bond acceptors (Lipinski definition) is 4. The van der Waals surface area contributed by atoms with Gasteiger partial charge >= 0.3 is 0 Å². The van der Waals surface area contributed by atoms with Crippen molar-refractivity contribution in [2.24, 2.45) is 11.7 Å². The quantitative estimate of drug-likeness (QED) is 0.833. The molecule has 0 aliphatic heterocycles. The van der Waals surface area contributed by atoms with Gasteiger partial charge < -0.3 is 11.1 Å². The van der Waals surface area contributed by atoms with Gasteiger partial charge in [-0.05, 0) is 19.1 Å². The monoisotopic (exact) mass is 389 g/mol. The number of rotatable bonds is 4. The Kier molecular flexibility index (Phi) is 6.80. The fraction of sp³-hybridized carbons (Fsp3) is 0.286. The van der Waals surface area contributed by atoms with Gasteiger partial charge in [-0.3, -0.25) is 4.79 Å². The Labute approximate surface area is 142 Å². The zero-order valence-corrected chi connectivity index (χ0v) is 14.9. The summed E-state index contributed by atoms with van der Waals surface area (Å²) >= 11 is 4.89. The predicted octanol–water partition coefficient (Wildman–Crippen LogP) is 3.84. The van der Waals surface area contributed by atoms with E-state index in [9.17, 15) is 4.79 Å². The summed E-state index contributed by atoms with van der Waals surface area (Å²) in [7, 11) is 0. The summed E-state index contributed by atoms with van der Waals surface area (Å²) in [5.74, 6) is -0.307. The maximum Gasteiger partial charge on any atom is 0.230 e. The molecular weight excluding hydrogens is 374 g/mol. The zero-order valence-electron chi connectivity index (χ0n) is 11.7. The van der Waals surface area contributed by atoms with E-state index in [2.05, 4.69) is 26.2 Å². The lowest BCUT2D eigenvalue weighted by Gasteiger charge is -2.06. The van der Waals surface area contributed by atoms with E-state index >= 15 is 0 Å². The van der Waals surface area contributed by atoms with Gasteiger partial charge in [-0.1, -0.05) is 35.0 Å². The molecule has 1 amide bonds. The van der Waals surface area contributed by atoms with E-state index < -0.39 is 0 Å². The number of amides is 1. The van der Waals surface area contributed by atoms with E-state index in [4.69, 9.17) is 5.73 Å². The van der Waals surface area contributed by atoms with E-state index in [0.717, 1.165) is 20.6 Å². The molecule has 4 nitrogen and oxygen atoms in total. The normalized spacial score (nSPS) is 11.6. The van der Waals surface area contributed by atoms with Gasteiger partial charge in [0, 0.05) is 27.4 Å². The number of nitrogens with zero attached hydrogens (tertiary/aromatic N) is 1. The number of nitrogens with two attached hydrogens (primary N) is 1. The van der Waals surface area contributed by atoms with Gasteiger partial charge in [0.1, 0.15) is 0 Å². The van der Waals surface area contributed by atoms with Crippen LogP contribution in [0.2, 0.25) is 0 Å². The molecule has 0 fully saturated rings. The van der Waals surface area contributed by atoms with E-state index in [1.165, 1.54) is 11.3 Å². The lowest BCUT2D eigenvalue weighted by molar-refractivity contribution is -0.119. The molecule has 114 valence electrons. The Balaban J connectivity index is 0.00000220. The Morgan fingerprint density at radius 2 is 2.05 bits per heavy atom. The molecule has 21 heavy (non-hydrogen) atoms. The first kappa shape index (κ1) is 18.1. The second kappa shape index (κ2) is 7.89. The molecule has 0 aliphatic carbocycles. The van der Waals surface area contributed by atoms with Crippen LogP contribution in [-0.2, 0) is 4.79 Å². The number of aryl methyl sites for hydroxylation is 1. The molecule has 1 aromatic carbocycles. The number of thiazole rings is 1. The number of anilines is 1. The van der Waals surface area contributed by atoms with Crippen LogP contribution in [-0.4, -0.2) is 17.4 Å². The number of carbonyl (C=O) groups excluding carboxylic acids is 1. The van der Waals surface area contributed by atoms with E-state index in [-0.39, 0.29) is 24.2 Å². The third kappa shape index (κ3) is 4.51. The first-order chi connectivity index (χ1) is 9.51. The first-order valence-electron chi connectivity index (χ1n) is 6.25. The van der Waals surface area contributed by atoms with Gasteiger partial charge in [0.25, 0.3) is 0 Å². The van der Waals surface area contributed by atoms with Gasteiger partial charge in [0.05, 0.1) is 5.69 Å². The van der Waals surface area contributed by atoms with Gasteiger partial charge in [-0.2, -0.15) is 0 Å². The van der Waals surface area contributed by atoms with Crippen molar-refractivity contribution in [1.29, 1.82) is 0 Å². The van der Waals surface area contributed by atoms with Crippen LogP contribution >= 0.6 is 39.7 Å². The van der Waals surface area contributed by atoms with Crippen LogP contribution in [0.25, 0.3) is 11.3 Å². The molecule has 2 aromatic rings. The summed E-state index contributed by atoms with van der Waals surface area (Å²) in [6.45, 7) is 4.12. The SMILES string of the molecule is Cc1sc(NC(=O)C(C)CN)nc1-c1ccc(Br)cc1.Cl. The number of carbonyl (C=O) groups is 1. The molecule has 7 heteroatoms. The summed E-state index contributed by atoms with van der Waals surface area (Å²) in [5.41, 5.74) is 7.42. The van der Waals surface area contributed by atoms with Crippen molar-refractivity contribution in [3.63, 3.8) is 0 Å². The minimum absolute atomic E-state index is 0. The molecule has 1 unspecified atom stereocenters. The van der Waals surface area contributed by atoms with Crippen LogP contribution in [0.1, 0.15) is 11.8 Å². The highest BCUT2D eigenvalue weighted by Gasteiger charge is 2.15. The molecule has 2 rings (SSSR count). The van der Waals surface area contributed by atoms with Crippen LogP contribution in [0.5, 0.6) is 0 Å². The van der Waals surface area contributed by atoms with Gasteiger partial charge in [-0.15, -0.1) is 23.7 Å². The molecule has 0 spiro atoms. The largest absolute Gasteiger partial charge is 0.330 e. The maximum absolute atomic E-state index is 11.8. The van der Waals surface area contributed by atoms with Crippen molar-refractivity contribution < 1.29 is 4.79 Å². The zero-order chi connectivity index (χ0) is 14.7. The Morgan fingerprint density at radius 1 is 1.43 bits per heavy atom. The highest BCUT2D eigenvalue weighted by atomic mass is 79.9. The van der Waals surface area contributed by atoms with E-state index in [1.807, 2.05) is 31.2 Å².